The van der Waals surface area contributed by atoms with Crippen LogP contribution >= 0.6 is 0 Å². The van der Waals surface area contributed by atoms with Crippen LogP contribution < -0.4 is 15.8 Å². The van der Waals surface area contributed by atoms with E-state index in [1.54, 1.807) is 32.3 Å². The number of carbonyl (C=O) groups is 1. The van der Waals surface area contributed by atoms with E-state index in [0.717, 1.165) is 11.6 Å². The highest BCUT2D eigenvalue weighted by Gasteiger charge is 2.39. The molecule has 5 heterocycles. The number of amides is 1. The van der Waals surface area contributed by atoms with Crippen molar-refractivity contribution in [2.45, 2.75) is 57.3 Å². The van der Waals surface area contributed by atoms with Crippen LogP contribution in [0.25, 0.3) is 22.3 Å². The van der Waals surface area contributed by atoms with Gasteiger partial charge in [-0.15, -0.1) is 0 Å². The topological polar surface area (TPSA) is 149 Å². The lowest BCUT2D eigenvalue weighted by atomic mass is 9.99. The van der Waals surface area contributed by atoms with E-state index in [2.05, 4.69) is 20.2 Å². The first-order valence-electron chi connectivity index (χ1n) is 13.8. The fourth-order valence-electron chi connectivity index (χ4n) is 5.45. The van der Waals surface area contributed by atoms with Crippen molar-refractivity contribution in [3.63, 3.8) is 0 Å². The second-order valence-electron chi connectivity index (χ2n) is 12.1. The van der Waals surface area contributed by atoms with Gasteiger partial charge in [-0.1, -0.05) is 0 Å². The van der Waals surface area contributed by atoms with Crippen molar-refractivity contribution in [3.05, 3.63) is 70.0 Å². The van der Waals surface area contributed by atoms with Gasteiger partial charge in [-0.2, -0.15) is 0 Å². The molecule has 0 bridgehead atoms. The van der Waals surface area contributed by atoms with E-state index in [9.17, 15) is 18.0 Å². The third-order valence-electron chi connectivity index (χ3n) is 7.11. The van der Waals surface area contributed by atoms with E-state index in [-0.39, 0.29) is 22.6 Å². The Kier molecular flexibility index (Phi) is 7.59. The molecule has 1 aliphatic rings. The van der Waals surface area contributed by atoms with Gasteiger partial charge in [0.25, 0.3) is 11.5 Å². The number of aryl methyl sites for hydroxylation is 1. The number of nitrogens with one attached hydrogen (secondary N) is 1. The molecule has 12 nitrogen and oxygen atoms in total. The van der Waals surface area contributed by atoms with Crippen molar-refractivity contribution in [1.29, 1.82) is 0 Å². The summed E-state index contributed by atoms with van der Waals surface area (Å²) in [5.74, 6) is 0.0592. The van der Waals surface area contributed by atoms with Crippen LogP contribution in [-0.2, 0) is 28.2 Å². The number of ether oxygens (including phenoxy) is 1. The zero-order chi connectivity index (χ0) is 31.3. The van der Waals surface area contributed by atoms with E-state index in [0.29, 0.717) is 47.3 Å². The first-order valence-corrected chi connectivity index (χ1v) is 15.6. The van der Waals surface area contributed by atoms with Gasteiger partial charge in [0.05, 0.1) is 56.5 Å². The fraction of sp³-hybridized carbons (Fsp3) is 0.400. The normalized spacial score (nSPS) is 16.3. The van der Waals surface area contributed by atoms with Crippen molar-refractivity contribution in [3.8, 4) is 11.4 Å². The highest BCUT2D eigenvalue weighted by molar-refractivity contribution is 7.90. The Balaban J connectivity index is 1.41. The average Bonchev–Trinajstić information content (AvgIpc) is 2.90. The summed E-state index contributed by atoms with van der Waals surface area (Å²) in [5, 5.41) is 3.54. The second kappa shape index (κ2) is 10.8. The molecule has 43 heavy (non-hydrogen) atoms. The Morgan fingerprint density at radius 2 is 1.70 bits per heavy atom. The van der Waals surface area contributed by atoms with Gasteiger partial charge >= 0.3 is 0 Å². The van der Waals surface area contributed by atoms with Crippen LogP contribution in [0.5, 0.6) is 0 Å². The van der Waals surface area contributed by atoms with E-state index in [4.69, 9.17) is 14.7 Å². The van der Waals surface area contributed by atoms with Gasteiger partial charge in [0.2, 0.25) is 5.95 Å². The highest BCUT2D eigenvalue weighted by Crippen LogP contribution is 2.31. The average molecular weight is 606 g/mol. The second-order valence-corrected chi connectivity index (χ2v) is 14.1. The molecule has 1 saturated heterocycles. The van der Waals surface area contributed by atoms with E-state index in [1.807, 2.05) is 33.8 Å². The molecule has 0 aromatic carbocycles. The van der Waals surface area contributed by atoms with Crippen LogP contribution in [-0.4, -0.2) is 69.4 Å². The molecule has 13 heteroatoms. The predicted molar refractivity (Wildman–Crippen MR) is 163 cm³/mol. The molecule has 0 atom stereocenters. The Labute approximate surface area is 250 Å². The number of anilines is 1. The molecule has 1 fully saturated rings. The van der Waals surface area contributed by atoms with E-state index >= 15 is 0 Å². The lowest BCUT2D eigenvalue weighted by Crippen LogP contribution is -2.58. The van der Waals surface area contributed by atoms with Crippen molar-refractivity contribution in [2.75, 3.05) is 24.2 Å². The first-order chi connectivity index (χ1) is 20.0. The number of carbonyl (C=O) groups excluding carboxylic acids is 1. The lowest BCUT2D eigenvalue weighted by Gasteiger charge is -2.47. The number of hydrogen-bond donors (Lipinski definition) is 1. The number of nitrogens with zero attached hydrogens (tertiary/aromatic N) is 6. The Morgan fingerprint density at radius 3 is 2.37 bits per heavy atom. The molecule has 0 saturated carbocycles. The number of fused-ring (bicyclic) bond motifs is 1. The highest BCUT2D eigenvalue weighted by atomic mass is 32.2. The summed E-state index contributed by atoms with van der Waals surface area (Å²) in [6.45, 7) is 10.9. The lowest BCUT2D eigenvalue weighted by molar-refractivity contribution is -0.133. The standard InChI is InChI=1S/C30H35N7O5S/c1-18-25(43(7,40)41)10-20(14-31-18)27(39)33-15-21-11-23-19(13-32-21)8-9-22(34-23)24-12-26(38)36(6)28(35-24)37-16-29(2,3)42-30(4,5)17-37/h8-14H,15-17H2,1-7H3,(H,33,39). The maximum absolute atomic E-state index is 13.0. The SMILES string of the molecule is Cc1ncc(C(=O)NCc2cc3nc(-c4cc(=O)n(C)c(N5CC(C)(C)OC(C)(C)C5)n4)ccc3cn2)cc1S(C)(=O)=O. The molecule has 1 N–H and O–H groups in total. The molecular formula is C30H35N7O5S. The van der Waals surface area contributed by atoms with Gasteiger partial charge in [0.15, 0.2) is 9.84 Å². The van der Waals surface area contributed by atoms with Crippen molar-refractivity contribution < 1.29 is 17.9 Å². The maximum Gasteiger partial charge on any atom is 0.255 e. The van der Waals surface area contributed by atoms with Crippen molar-refractivity contribution in [2.24, 2.45) is 7.05 Å². The molecule has 226 valence electrons. The smallest absolute Gasteiger partial charge is 0.255 e. The Morgan fingerprint density at radius 1 is 1.00 bits per heavy atom. The Bertz CT molecular complexity index is 1900. The molecule has 5 rings (SSSR count). The predicted octanol–water partition coefficient (Wildman–Crippen LogP) is 2.82. The van der Waals surface area contributed by atoms with Crippen LogP contribution in [0.4, 0.5) is 5.95 Å². The summed E-state index contributed by atoms with van der Waals surface area (Å²) in [6, 6.07) is 8.20. The summed E-state index contributed by atoms with van der Waals surface area (Å²) in [5.41, 5.74) is 1.53. The van der Waals surface area contributed by atoms with Gasteiger partial charge in [0, 0.05) is 50.2 Å². The maximum atomic E-state index is 13.0. The number of sulfone groups is 1. The van der Waals surface area contributed by atoms with Gasteiger partial charge in [-0.3, -0.25) is 24.1 Å². The molecule has 4 aromatic heterocycles. The van der Waals surface area contributed by atoms with E-state index in [1.165, 1.54) is 22.9 Å². The molecular weight excluding hydrogens is 570 g/mol. The number of morpholine rings is 1. The third kappa shape index (κ3) is 6.57. The zero-order valence-corrected chi connectivity index (χ0v) is 26.1. The van der Waals surface area contributed by atoms with Gasteiger partial charge in [-0.25, -0.2) is 18.4 Å². The van der Waals surface area contributed by atoms with Crippen molar-refractivity contribution >= 4 is 32.6 Å². The molecule has 0 radical (unpaired) electrons. The largest absolute Gasteiger partial charge is 0.366 e. The Hall–Kier alpha value is -4.23. The minimum Gasteiger partial charge on any atom is -0.366 e. The quantitative estimate of drug-likeness (QED) is 0.348. The van der Waals surface area contributed by atoms with Crippen LogP contribution in [0.2, 0.25) is 0 Å². The van der Waals surface area contributed by atoms with Gasteiger partial charge < -0.3 is 15.0 Å². The summed E-state index contributed by atoms with van der Waals surface area (Å²) in [7, 11) is -1.82. The third-order valence-corrected chi connectivity index (χ3v) is 8.33. The number of hydrogen-bond acceptors (Lipinski definition) is 10. The monoisotopic (exact) mass is 605 g/mol. The molecule has 4 aromatic rings. The summed E-state index contributed by atoms with van der Waals surface area (Å²) in [6.07, 6.45) is 4.07. The van der Waals surface area contributed by atoms with E-state index < -0.39 is 26.9 Å². The summed E-state index contributed by atoms with van der Waals surface area (Å²) < 4.78 is 31.8. The summed E-state index contributed by atoms with van der Waals surface area (Å²) in [4.78, 5) is 46.0. The fourth-order valence-corrected chi connectivity index (χ4v) is 6.38. The molecule has 0 unspecified atom stereocenters. The van der Waals surface area contributed by atoms with Crippen LogP contribution in [0, 0.1) is 6.92 Å². The number of pyridine rings is 3. The minimum atomic E-state index is -3.53. The van der Waals surface area contributed by atoms with Crippen LogP contribution in [0.15, 0.2) is 52.4 Å². The number of rotatable bonds is 6. The molecule has 1 amide bonds. The molecule has 0 spiro atoms. The van der Waals surface area contributed by atoms with Crippen LogP contribution in [0.1, 0.15) is 49.4 Å². The summed E-state index contributed by atoms with van der Waals surface area (Å²) >= 11 is 0. The van der Waals surface area contributed by atoms with Gasteiger partial charge in [0.1, 0.15) is 0 Å². The van der Waals surface area contributed by atoms with Gasteiger partial charge in [-0.05, 0) is 58.9 Å². The van der Waals surface area contributed by atoms with Crippen molar-refractivity contribution in [1.82, 2.24) is 29.8 Å². The molecule has 1 aliphatic heterocycles. The minimum absolute atomic E-state index is 0.00858. The van der Waals surface area contributed by atoms with Crippen LogP contribution in [0.3, 0.4) is 0 Å². The number of aromatic nitrogens is 5. The molecule has 0 aliphatic carbocycles. The first kappa shape index (κ1) is 30.2. The zero-order valence-electron chi connectivity index (χ0n) is 25.3.